The second-order valence-electron chi connectivity index (χ2n) is 5.62. The summed E-state index contributed by atoms with van der Waals surface area (Å²) in [7, 11) is 6.05. The summed E-state index contributed by atoms with van der Waals surface area (Å²) in [4.78, 5) is 6.44. The highest BCUT2D eigenvalue weighted by Gasteiger charge is 2.09. The van der Waals surface area contributed by atoms with Crippen molar-refractivity contribution >= 4 is 17.5 Å². The number of hydrogen-bond donors (Lipinski definition) is 1. The Hall–Kier alpha value is -1.52. The third kappa shape index (κ3) is 4.22. The summed E-state index contributed by atoms with van der Waals surface area (Å²) >= 11 is 5.91. The molecular weight excluding hydrogens is 284 g/mol. The first-order valence-corrected chi connectivity index (χ1v) is 7.51. The lowest BCUT2D eigenvalue weighted by Crippen LogP contribution is -2.28. The van der Waals surface area contributed by atoms with E-state index in [1.807, 2.05) is 44.4 Å². The van der Waals surface area contributed by atoms with E-state index < -0.39 is 0 Å². The molecule has 1 N–H and O–H groups in total. The van der Waals surface area contributed by atoms with Crippen LogP contribution in [0.1, 0.15) is 18.2 Å². The van der Waals surface area contributed by atoms with Crippen molar-refractivity contribution in [2.24, 2.45) is 7.05 Å². The summed E-state index contributed by atoms with van der Waals surface area (Å²) in [6.45, 7) is 3.00. The smallest absolute Gasteiger partial charge is 0.204 e. The number of hydrogen-bond acceptors (Lipinski definition) is 3. The molecule has 0 bridgehead atoms. The van der Waals surface area contributed by atoms with E-state index in [2.05, 4.69) is 33.9 Å². The summed E-state index contributed by atoms with van der Waals surface area (Å²) in [6, 6.07) is 8.43. The van der Waals surface area contributed by atoms with E-state index in [1.165, 1.54) is 11.3 Å². The normalized spacial score (nSPS) is 12.4. The van der Waals surface area contributed by atoms with E-state index in [9.17, 15) is 0 Å². The molecule has 0 aliphatic rings. The van der Waals surface area contributed by atoms with Crippen molar-refractivity contribution in [2.45, 2.75) is 25.9 Å². The topological polar surface area (TPSA) is 33.1 Å². The van der Waals surface area contributed by atoms with Crippen LogP contribution in [0.2, 0.25) is 5.02 Å². The lowest BCUT2D eigenvalue weighted by atomic mass is 10.1. The quantitative estimate of drug-likeness (QED) is 0.891. The molecule has 5 heteroatoms. The van der Waals surface area contributed by atoms with Gasteiger partial charge in [-0.15, -0.1) is 0 Å². The van der Waals surface area contributed by atoms with Gasteiger partial charge in [0, 0.05) is 38.8 Å². The van der Waals surface area contributed by atoms with Crippen LogP contribution in [0.3, 0.4) is 0 Å². The zero-order chi connectivity index (χ0) is 15.4. The molecule has 4 nitrogen and oxygen atoms in total. The van der Waals surface area contributed by atoms with Gasteiger partial charge in [-0.3, -0.25) is 0 Å². The van der Waals surface area contributed by atoms with E-state index in [4.69, 9.17) is 11.6 Å². The average molecular weight is 307 g/mol. The molecule has 0 radical (unpaired) electrons. The zero-order valence-electron chi connectivity index (χ0n) is 13.1. The molecule has 1 unspecified atom stereocenters. The summed E-state index contributed by atoms with van der Waals surface area (Å²) < 4.78 is 2.11. The predicted octanol–water partition coefficient (Wildman–Crippen LogP) is 2.86. The molecule has 114 valence electrons. The number of rotatable bonds is 6. The number of nitrogens with one attached hydrogen (secondary N) is 1. The van der Waals surface area contributed by atoms with Gasteiger partial charge >= 0.3 is 0 Å². The minimum absolute atomic E-state index is 0.392. The van der Waals surface area contributed by atoms with Crippen LogP contribution in [0.25, 0.3) is 0 Å². The monoisotopic (exact) mass is 306 g/mol. The Morgan fingerprint density at radius 1 is 1.29 bits per heavy atom. The van der Waals surface area contributed by atoms with Crippen LogP contribution >= 0.6 is 11.6 Å². The molecule has 0 fully saturated rings. The molecule has 2 aromatic rings. The fourth-order valence-electron chi connectivity index (χ4n) is 2.34. The lowest BCUT2D eigenvalue weighted by Gasteiger charge is -2.16. The minimum atomic E-state index is 0.392. The van der Waals surface area contributed by atoms with Gasteiger partial charge < -0.3 is 14.8 Å². The van der Waals surface area contributed by atoms with Crippen molar-refractivity contribution in [3.8, 4) is 0 Å². The summed E-state index contributed by atoms with van der Waals surface area (Å²) in [5.41, 5.74) is 2.47. The van der Waals surface area contributed by atoms with E-state index in [0.717, 1.165) is 23.9 Å². The van der Waals surface area contributed by atoms with Crippen molar-refractivity contribution < 1.29 is 0 Å². The van der Waals surface area contributed by atoms with Gasteiger partial charge in [0.1, 0.15) is 0 Å². The molecule has 0 aliphatic heterocycles. The third-order valence-electron chi connectivity index (χ3n) is 3.55. The standard InChI is InChI=1S/C16H23ClN4/c1-12(9-13-5-7-14(17)8-6-13)18-10-15-11-19-16(20(2)3)21(15)4/h5-8,11-12,18H,9-10H2,1-4H3. The van der Waals surface area contributed by atoms with Crippen LogP contribution in [-0.4, -0.2) is 29.7 Å². The van der Waals surface area contributed by atoms with Gasteiger partial charge in [-0.1, -0.05) is 23.7 Å². The van der Waals surface area contributed by atoms with Gasteiger partial charge in [-0.05, 0) is 31.0 Å². The van der Waals surface area contributed by atoms with Gasteiger partial charge in [-0.2, -0.15) is 0 Å². The SMILES string of the molecule is CC(Cc1ccc(Cl)cc1)NCc1cnc(N(C)C)n1C. The largest absolute Gasteiger partial charge is 0.348 e. The van der Waals surface area contributed by atoms with Crippen LogP contribution < -0.4 is 10.2 Å². The Morgan fingerprint density at radius 3 is 2.52 bits per heavy atom. The molecule has 0 aliphatic carbocycles. The van der Waals surface area contributed by atoms with E-state index in [0.29, 0.717) is 6.04 Å². The van der Waals surface area contributed by atoms with Crippen LogP contribution in [0.4, 0.5) is 5.95 Å². The maximum atomic E-state index is 5.91. The molecule has 1 heterocycles. The van der Waals surface area contributed by atoms with Crippen molar-refractivity contribution in [3.05, 3.63) is 46.7 Å². The first kappa shape index (κ1) is 15.9. The first-order valence-electron chi connectivity index (χ1n) is 7.13. The van der Waals surface area contributed by atoms with Crippen LogP contribution in [-0.2, 0) is 20.0 Å². The molecule has 0 amide bonds. The molecule has 2 rings (SSSR count). The van der Waals surface area contributed by atoms with Crippen molar-refractivity contribution in [2.75, 3.05) is 19.0 Å². The number of imidazole rings is 1. The molecule has 1 aromatic heterocycles. The molecule has 0 saturated heterocycles. The Morgan fingerprint density at radius 2 is 1.95 bits per heavy atom. The number of nitrogens with zero attached hydrogens (tertiary/aromatic N) is 3. The number of benzene rings is 1. The maximum absolute atomic E-state index is 5.91. The van der Waals surface area contributed by atoms with Crippen LogP contribution in [0, 0.1) is 0 Å². The fraction of sp³-hybridized carbons (Fsp3) is 0.438. The lowest BCUT2D eigenvalue weighted by molar-refractivity contribution is 0.532. The zero-order valence-corrected chi connectivity index (χ0v) is 13.9. The van der Waals surface area contributed by atoms with Gasteiger partial charge in [0.2, 0.25) is 5.95 Å². The van der Waals surface area contributed by atoms with E-state index in [1.54, 1.807) is 0 Å². The Bertz CT molecular complexity index is 574. The van der Waals surface area contributed by atoms with Gasteiger partial charge in [0.15, 0.2) is 0 Å². The van der Waals surface area contributed by atoms with Gasteiger partial charge in [0.25, 0.3) is 0 Å². The average Bonchev–Trinajstić information content (AvgIpc) is 2.80. The van der Waals surface area contributed by atoms with Gasteiger partial charge in [0.05, 0.1) is 11.9 Å². The van der Waals surface area contributed by atoms with E-state index >= 15 is 0 Å². The Kier molecular flexibility index (Phi) is 5.26. The van der Waals surface area contributed by atoms with Crippen LogP contribution in [0.5, 0.6) is 0 Å². The molecule has 0 saturated carbocycles. The second kappa shape index (κ2) is 6.96. The minimum Gasteiger partial charge on any atom is -0.348 e. The van der Waals surface area contributed by atoms with Crippen molar-refractivity contribution in [3.63, 3.8) is 0 Å². The molecular formula is C16H23ClN4. The highest BCUT2D eigenvalue weighted by molar-refractivity contribution is 6.30. The summed E-state index contributed by atoms with van der Waals surface area (Å²) in [5.74, 6) is 0.970. The number of halogens is 1. The highest BCUT2D eigenvalue weighted by Crippen LogP contribution is 2.13. The molecule has 0 spiro atoms. The molecule has 1 aromatic carbocycles. The van der Waals surface area contributed by atoms with Crippen molar-refractivity contribution in [1.29, 1.82) is 0 Å². The van der Waals surface area contributed by atoms with Gasteiger partial charge in [-0.25, -0.2) is 4.98 Å². The fourth-order valence-corrected chi connectivity index (χ4v) is 2.46. The molecule has 1 atom stereocenters. The maximum Gasteiger partial charge on any atom is 0.204 e. The Labute approximate surface area is 131 Å². The summed E-state index contributed by atoms with van der Waals surface area (Å²) in [6.07, 6.45) is 2.91. The second-order valence-corrected chi connectivity index (χ2v) is 6.05. The van der Waals surface area contributed by atoms with Crippen LogP contribution in [0.15, 0.2) is 30.5 Å². The number of anilines is 1. The first-order chi connectivity index (χ1) is 9.97. The van der Waals surface area contributed by atoms with Crippen molar-refractivity contribution in [1.82, 2.24) is 14.9 Å². The summed E-state index contributed by atoms with van der Waals surface area (Å²) in [5, 5.41) is 4.33. The molecule has 21 heavy (non-hydrogen) atoms. The Balaban J connectivity index is 1.89. The van der Waals surface area contributed by atoms with E-state index in [-0.39, 0.29) is 0 Å². The third-order valence-corrected chi connectivity index (χ3v) is 3.80. The predicted molar refractivity (Wildman–Crippen MR) is 89.0 cm³/mol. The highest BCUT2D eigenvalue weighted by atomic mass is 35.5. The number of aromatic nitrogens is 2.